The molecule has 0 unspecified atom stereocenters. The van der Waals surface area contributed by atoms with Gasteiger partial charge in [-0.15, -0.1) is 0 Å². The summed E-state index contributed by atoms with van der Waals surface area (Å²) in [6.07, 6.45) is 2.49. The van der Waals surface area contributed by atoms with E-state index in [4.69, 9.17) is 0 Å². The number of hydrogen-bond donors (Lipinski definition) is 0. The maximum absolute atomic E-state index is 13.8. The largest absolute Gasteiger partial charge is 0.343 e. The topological polar surface area (TPSA) is 62.6 Å². The van der Waals surface area contributed by atoms with E-state index < -0.39 is 17.8 Å². The highest BCUT2D eigenvalue weighted by Gasteiger charge is 2.43. The third kappa shape index (κ3) is 4.24. The molecule has 4 aromatic rings. The highest BCUT2D eigenvalue weighted by atomic mass is 16.2. The van der Waals surface area contributed by atoms with Crippen LogP contribution in [-0.4, -0.2) is 22.4 Å². The molecule has 1 aliphatic heterocycles. The Labute approximate surface area is 222 Å². The number of barbiturate groups is 1. The predicted octanol–water partition coefficient (Wildman–Crippen LogP) is 6.55. The molecule has 1 saturated heterocycles. The Hall–Kier alpha value is -4.71. The van der Waals surface area contributed by atoms with E-state index >= 15 is 0 Å². The minimum atomic E-state index is -0.699. The van der Waals surface area contributed by atoms with Gasteiger partial charge in [0.15, 0.2) is 0 Å². The Morgan fingerprint density at radius 3 is 1.92 bits per heavy atom. The lowest BCUT2D eigenvalue weighted by molar-refractivity contribution is -0.121. The summed E-state index contributed by atoms with van der Waals surface area (Å²) >= 11 is 0. The van der Waals surface area contributed by atoms with E-state index in [-0.39, 0.29) is 5.57 Å². The summed E-state index contributed by atoms with van der Waals surface area (Å²) in [4.78, 5) is 43.2. The van der Waals surface area contributed by atoms with Crippen LogP contribution >= 0.6 is 0 Å². The second kappa shape index (κ2) is 9.98. The number of hydrogen-bond acceptors (Lipinski definition) is 3. The number of para-hydroxylation sites is 2. The minimum Gasteiger partial charge on any atom is -0.318 e. The van der Waals surface area contributed by atoms with Crippen LogP contribution in [-0.2, 0) is 16.0 Å². The molecule has 0 N–H and O–H groups in total. The molecule has 1 aliphatic rings. The summed E-state index contributed by atoms with van der Waals surface area (Å²) in [5, 5.41) is 0. The molecule has 5 rings (SSSR count). The van der Waals surface area contributed by atoms with E-state index in [1.54, 1.807) is 42.5 Å². The first kappa shape index (κ1) is 25.0. The lowest BCUT2D eigenvalue weighted by atomic mass is 10.0. The third-order valence-corrected chi connectivity index (χ3v) is 6.94. The first-order valence-electron chi connectivity index (χ1n) is 12.6. The summed E-state index contributed by atoms with van der Waals surface area (Å²) in [7, 11) is 0. The molecule has 0 bridgehead atoms. The summed E-state index contributed by atoms with van der Waals surface area (Å²) in [6.45, 7) is 8.02. The molecule has 0 spiro atoms. The molecule has 3 aromatic carbocycles. The van der Waals surface area contributed by atoms with Crippen molar-refractivity contribution in [3.8, 4) is 5.69 Å². The second-order valence-corrected chi connectivity index (χ2v) is 9.44. The van der Waals surface area contributed by atoms with Gasteiger partial charge in [0.25, 0.3) is 11.8 Å². The van der Waals surface area contributed by atoms with Gasteiger partial charge in [-0.3, -0.25) is 9.59 Å². The Morgan fingerprint density at radius 1 is 0.711 bits per heavy atom. The Kier molecular flexibility index (Phi) is 6.55. The van der Waals surface area contributed by atoms with Crippen LogP contribution in [0.2, 0.25) is 0 Å². The van der Waals surface area contributed by atoms with Gasteiger partial charge in [0.05, 0.1) is 11.4 Å². The van der Waals surface area contributed by atoms with E-state index in [9.17, 15) is 14.4 Å². The molecular weight excluding hydrogens is 474 g/mol. The number of carbonyl (C=O) groups is 3. The standard InChI is InChI=1S/C32H29N3O3/c1-5-24-11-9-10-14-29(24)33-22(3)19-25(23(33)4)20-28-30(36)34(26-12-7-6-8-13-26)32(38)35(31(28)37)27-17-15-21(2)16-18-27/h6-20H,5H2,1-4H3/b28-20+. The summed E-state index contributed by atoms with van der Waals surface area (Å²) in [5.74, 6) is -1.29. The van der Waals surface area contributed by atoms with Crippen LogP contribution in [0.1, 0.15) is 35.0 Å². The quantitative estimate of drug-likeness (QED) is 0.229. The molecule has 0 saturated carbocycles. The second-order valence-electron chi connectivity index (χ2n) is 9.44. The zero-order chi connectivity index (χ0) is 27.0. The normalized spacial score (nSPS) is 15.1. The molecule has 190 valence electrons. The lowest BCUT2D eigenvalue weighted by Crippen LogP contribution is -2.57. The average molecular weight is 504 g/mol. The average Bonchev–Trinajstić information content (AvgIpc) is 3.20. The summed E-state index contributed by atoms with van der Waals surface area (Å²) in [6, 6.07) is 25.3. The van der Waals surface area contributed by atoms with Crippen molar-refractivity contribution in [1.29, 1.82) is 0 Å². The number of aryl methyl sites for hydroxylation is 3. The first-order valence-corrected chi connectivity index (χ1v) is 12.6. The van der Waals surface area contributed by atoms with Crippen LogP contribution in [0, 0.1) is 20.8 Å². The van der Waals surface area contributed by atoms with Crippen LogP contribution in [0.15, 0.2) is 90.5 Å². The third-order valence-electron chi connectivity index (χ3n) is 6.94. The molecule has 0 aliphatic carbocycles. The number of carbonyl (C=O) groups excluding carboxylic acids is 3. The minimum absolute atomic E-state index is 0.0712. The first-order chi connectivity index (χ1) is 18.3. The van der Waals surface area contributed by atoms with Crippen molar-refractivity contribution in [3.05, 3.63) is 119 Å². The predicted molar refractivity (Wildman–Crippen MR) is 151 cm³/mol. The zero-order valence-corrected chi connectivity index (χ0v) is 21.9. The van der Waals surface area contributed by atoms with Gasteiger partial charge in [0.2, 0.25) is 0 Å². The highest BCUT2D eigenvalue weighted by molar-refractivity contribution is 6.46. The van der Waals surface area contributed by atoms with E-state index in [2.05, 4.69) is 23.6 Å². The zero-order valence-electron chi connectivity index (χ0n) is 21.9. The fourth-order valence-corrected chi connectivity index (χ4v) is 4.94. The molecule has 4 amide bonds. The van der Waals surface area contributed by atoms with Crippen molar-refractivity contribution in [3.63, 3.8) is 0 Å². The molecule has 1 fully saturated rings. The Bertz CT molecular complexity index is 1580. The van der Waals surface area contributed by atoms with E-state index in [0.29, 0.717) is 11.4 Å². The maximum Gasteiger partial charge on any atom is 0.343 e. The van der Waals surface area contributed by atoms with Gasteiger partial charge in [-0.05, 0) is 80.8 Å². The number of benzene rings is 3. The molecule has 0 radical (unpaired) electrons. The van der Waals surface area contributed by atoms with Crippen LogP contribution in [0.3, 0.4) is 0 Å². The molecular formula is C32H29N3O3. The molecule has 0 atom stereocenters. The van der Waals surface area contributed by atoms with Crippen molar-refractivity contribution < 1.29 is 14.4 Å². The van der Waals surface area contributed by atoms with Gasteiger partial charge in [0, 0.05) is 17.1 Å². The number of amides is 4. The van der Waals surface area contributed by atoms with Crippen LogP contribution in [0.4, 0.5) is 16.2 Å². The van der Waals surface area contributed by atoms with Crippen molar-refractivity contribution >= 4 is 35.3 Å². The fraction of sp³-hybridized carbons (Fsp3) is 0.156. The van der Waals surface area contributed by atoms with Crippen LogP contribution < -0.4 is 9.80 Å². The van der Waals surface area contributed by atoms with Crippen LogP contribution in [0.25, 0.3) is 11.8 Å². The maximum atomic E-state index is 13.8. The number of nitrogens with zero attached hydrogens (tertiary/aromatic N) is 3. The molecule has 2 heterocycles. The smallest absolute Gasteiger partial charge is 0.318 e. The Balaban J connectivity index is 1.66. The van der Waals surface area contributed by atoms with Gasteiger partial charge in [-0.25, -0.2) is 14.6 Å². The number of aromatic nitrogens is 1. The van der Waals surface area contributed by atoms with Crippen molar-refractivity contribution in [2.45, 2.75) is 34.1 Å². The molecule has 6 heteroatoms. The van der Waals surface area contributed by atoms with Crippen molar-refractivity contribution in [2.24, 2.45) is 0 Å². The van der Waals surface area contributed by atoms with Gasteiger partial charge in [0.1, 0.15) is 5.57 Å². The number of imide groups is 2. The van der Waals surface area contributed by atoms with Gasteiger partial charge < -0.3 is 4.57 Å². The number of rotatable bonds is 5. The van der Waals surface area contributed by atoms with E-state index in [1.165, 1.54) is 5.56 Å². The van der Waals surface area contributed by atoms with Crippen LogP contribution in [0.5, 0.6) is 0 Å². The lowest BCUT2D eigenvalue weighted by Gasteiger charge is -2.34. The molecule has 38 heavy (non-hydrogen) atoms. The number of urea groups is 1. The van der Waals surface area contributed by atoms with Gasteiger partial charge in [-0.1, -0.05) is 61.0 Å². The fourth-order valence-electron chi connectivity index (χ4n) is 4.94. The van der Waals surface area contributed by atoms with E-state index in [1.807, 2.05) is 57.2 Å². The molecule has 1 aromatic heterocycles. The van der Waals surface area contributed by atoms with Crippen molar-refractivity contribution in [1.82, 2.24) is 4.57 Å². The van der Waals surface area contributed by atoms with E-state index in [0.717, 1.165) is 44.4 Å². The van der Waals surface area contributed by atoms with Crippen molar-refractivity contribution in [2.75, 3.05) is 9.80 Å². The summed E-state index contributed by atoms with van der Waals surface area (Å²) in [5.41, 5.74) is 6.64. The molecule has 6 nitrogen and oxygen atoms in total. The monoisotopic (exact) mass is 503 g/mol. The van der Waals surface area contributed by atoms with Gasteiger partial charge in [-0.2, -0.15) is 0 Å². The summed E-state index contributed by atoms with van der Waals surface area (Å²) < 4.78 is 2.14. The van der Waals surface area contributed by atoms with Gasteiger partial charge >= 0.3 is 6.03 Å². The highest BCUT2D eigenvalue weighted by Crippen LogP contribution is 2.31. The SMILES string of the molecule is CCc1ccccc1-n1c(C)cc(/C=C2\C(=O)N(c3ccccc3)C(=O)N(c3ccc(C)cc3)C2=O)c1C. The number of anilines is 2. The Morgan fingerprint density at radius 2 is 1.29 bits per heavy atom.